The second-order valence-corrected chi connectivity index (χ2v) is 6.62. The normalized spacial score (nSPS) is 11.9. The van der Waals surface area contributed by atoms with Gasteiger partial charge in [0.25, 0.3) is 0 Å². The number of rotatable bonds is 8. The molecule has 1 rings (SSSR count). The number of ether oxygens (including phenoxy) is 4. The lowest BCUT2D eigenvalue weighted by molar-refractivity contribution is -0.142. The summed E-state index contributed by atoms with van der Waals surface area (Å²) in [6.45, 7) is 4.49. The third-order valence-electron chi connectivity index (χ3n) is 3.39. The van der Waals surface area contributed by atoms with Crippen molar-refractivity contribution in [2.75, 3.05) is 27.9 Å². The predicted octanol–water partition coefficient (Wildman–Crippen LogP) is 1.24. The second-order valence-electron chi connectivity index (χ2n) is 5.54. The maximum absolute atomic E-state index is 12.3. The largest absolute Gasteiger partial charge is 0.496 e. The van der Waals surface area contributed by atoms with Crippen molar-refractivity contribution in [1.29, 1.82) is 0 Å². The summed E-state index contributed by atoms with van der Waals surface area (Å²) in [5.74, 6) is 0.978. The van der Waals surface area contributed by atoms with Crippen LogP contribution in [0.4, 0.5) is 0 Å². The molecule has 0 radical (unpaired) electrons. The van der Waals surface area contributed by atoms with E-state index in [4.69, 9.17) is 18.9 Å². The van der Waals surface area contributed by atoms with Crippen LogP contribution in [0.2, 0.25) is 0 Å². The molecule has 0 heterocycles. The highest BCUT2D eigenvalue weighted by Crippen LogP contribution is 2.28. The molecule has 0 N–H and O–H groups in total. The van der Waals surface area contributed by atoms with Crippen LogP contribution in [0.1, 0.15) is 25.8 Å². The van der Waals surface area contributed by atoms with Gasteiger partial charge in [-0.2, -0.15) is 0 Å². The van der Waals surface area contributed by atoms with Crippen LogP contribution in [0.25, 0.3) is 5.76 Å². The number of para-hydroxylation sites is 1. The third kappa shape index (κ3) is 5.02. The Hall–Kier alpha value is -1.95. The van der Waals surface area contributed by atoms with Crippen LogP contribution in [-0.2, 0) is 19.0 Å². The van der Waals surface area contributed by atoms with E-state index in [1.54, 1.807) is 7.11 Å². The van der Waals surface area contributed by atoms with E-state index in [9.17, 15) is 4.79 Å². The number of benzene rings is 1. The van der Waals surface area contributed by atoms with E-state index < -0.39 is 5.97 Å². The molecule has 0 unspecified atom stereocenters. The second kappa shape index (κ2) is 9.25. The fraction of sp³-hybridized carbons (Fsp3) is 0.471. The molecule has 0 spiro atoms. The van der Waals surface area contributed by atoms with Crippen molar-refractivity contribution in [2.45, 2.75) is 20.3 Å². The first kappa shape index (κ1) is 19.1. The van der Waals surface area contributed by atoms with Crippen LogP contribution in [-0.4, -0.2) is 44.1 Å². The summed E-state index contributed by atoms with van der Waals surface area (Å²) < 4.78 is 21.4. The van der Waals surface area contributed by atoms with Gasteiger partial charge in [0, 0.05) is 10.2 Å². The van der Waals surface area contributed by atoms with E-state index in [0.717, 1.165) is 21.9 Å². The number of carbonyl (C=O) groups excluding carboxylic acids is 1. The smallest absolute Gasteiger partial charge is 0.377 e. The fourth-order valence-corrected chi connectivity index (χ4v) is 2.81. The molecular formula is C17H26O5Si. The van der Waals surface area contributed by atoms with Gasteiger partial charge >= 0.3 is 5.97 Å². The van der Waals surface area contributed by atoms with Gasteiger partial charge in [-0.15, -0.1) is 0 Å². The zero-order valence-electron chi connectivity index (χ0n) is 14.8. The molecule has 0 aliphatic carbocycles. The van der Waals surface area contributed by atoms with Crippen molar-refractivity contribution in [3.05, 3.63) is 29.5 Å². The van der Waals surface area contributed by atoms with E-state index in [2.05, 4.69) is 13.8 Å². The van der Waals surface area contributed by atoms with Gasteiger partial charge in [0.1, 0.15) is 5.75 Å². The van der Waals surface area contributed by atoms with Crippen LogP contribution < -0.4 is 9.92 Å². The van der Waals surface area contributed by atoms with Gasteiger partial charge in [0.05, 0.1) is 33.5 Å². The van der Waals surface area contributed by atoms with Crippen molar-refractivity contribution in [2.24, 2.45) is 5.92 Å². The number of esters is 1. The summed E-state index contributed by atoms with van der Waals surface area (Å²) in [6.07, 6.45) is 0.796. The van der Waals surface area contributed by atoms with Crippen LogP contribution in [0, 0.1) is 5.92 Å². The molecule has 0 aliphatic heterocycles. The number of carbonyl (C=O) groups is 1. The lowest BCUT2D eigenvalue weighted by Gasteiger charge is -2.16. The molecule has 0 saturated heterocycles. The lowest BCUT2D eigenvalue weighted by atomic mass is 10.1. The van der Waals surface area contributed by atoms with Gasteiger partial charge in [0.15, 0.2) is 5.76 Å². The first-order valence-electron chi connectivity index (χ1n) is 7.59. The molecule has 0 aliphatic rings. The van der Waals surface area contributed by atoms with E-state index in [-0.39, 0.29) is 5.76 Å². The maximum atomic E-state index is 12.3. The van der Waals surface area contributed by atoms with Crippen LogP contribution in [0.3, 0.4) is 0 Å². The molecule has 5 nitrogen and oxygen atoms in total. The molecule has 0 amide bonds. The lowest BCUT2D eigenvalue weighted by Crippen LogP contribution is -2.16. The molecule has 0 saturated carbocycles. The van der Waals surface area contributed by atoms with Crippen molar-refractivity contribution in [3.63, 3.8) is 0 Å². The van der Waals surface area contributed by atoms with Crippen molar-refractivity contribution >= 4 is 27.2 Å². The van der Waals surface area contributed by atoms with Crippen LogP contribution in [0.5, 0.6) is 5.75 Å². The Morgan fingerprint density at radius 2 is 1.87 bits per heavy atom. The zero-order valence-corrected chi connectivity index (χ0v) is 16.8. The number of hydrogen-bond donors (Lipinski definition) is 0. The Balaban J connectivity index is 3.18. The Labute approximate surface area is 141 Å². The minimum absolute atomic E-state index is 0.0434. The van der Waals surface area contributed by atoms with Crippen molar-refractivity contribution in [3.8, 4) is 5.75 Å². The van der Waals surface area contributed by atoms with Gasteiger partial charge in [-0.3, -0.25) is 0 Å². The molecule has 1 aromatic rings. The third-order valence-corrected chi connectivity index (χ3v) is 4.18. The quantitative estimate of drug-likeness (QED) is 0.309. The first-order valence-corrected chi connectivity index (χ1v) is 8.59. The molecule has 0 aromatic heterocycles. The van der Waals surface area contributed by atoms with Gasteiger partial charge < -0.3 is 18.9 Å². The van der Waals surface area contributed by atoms with E-state index >= 15 is 0 Å². The van der Waals surface area contributed by atoms with Gasteiger partial charge in [-0.25, -0.2) is 4.79 Å². The first-order chi connectivity index (χ1) is 11.0. The molecule has 0 atom stereocenters. The molecule has 0 bridgehead atoms. The van der Waals surface area contributed by atoms with Crippen LogP contribution in [0.15, 0.2) is 24.0 Å². The van der Waals surface area contributed by atoms with E-state index in [1.165, 1.54) is 14.2 Å². The molecular weight excluding hydrogens is 312 g/mol. The minimum atomic E-state index is -0.536. The molecule has 0 fully saturated rings. The highest BCUT2D eigenvalue weighted by atomic mass is 28.1. The predicted molar refractivity (Wildman–Crippen MR) is 93.9 cm³/mol. The average molecular weight is 338 g/mol. The minimum Gasteiger partial charge on any atom is -0.496 e. The van der Waals surface area contributed by atoms with Crippen molar-refractivity contribution < 1.29 is 23.7 Å². The summed E-state index contributed by atoms with van der Waals surface area (Å²) in [5.41, 5.74) is 0.681. The Kier molecular flexibility index (Phi) is 7.68. The van der Waals surface area contributed by atoms with Gasteiger partial charge in [-0.1, -0.05) is 26.0 Å². The fourth-order valence-electron chi connectivity index (χ4n) is 2.15. The van der Waals surface area contributed by atoms with Crippen molar-refractivity contribution in [1.82, 2.24) is 0 Å². The standard InChI is InChI=1S/C17H26O5Si/c1-11(2)9-10-22-17(18)16(21-5)15(20-4)12-7-6-8-13(23)14(12)19-3/h6-8,11H,9-10H2,1-5,23H3. The Morgan fingerprint density at radius 3 is 2.39 bits per heavy atom. The molecule has 6 heteroatoms. The summed E-state index contributed by atoms with van der Waals surface area (Å²) in [6, 6.07) is 5.71. The molecule has 23 heavy (non-hydrogen) atoms. The maximum Gasteiger partial charge on any atom is 0.377 e. The monoisotopic (exact) mass is 338 g/mol. The summed E-state index contributed by atoms with van der Waals surface area (Å²) in [5, 5.41) is 1.07. The number of hydrogen-bond acceptors (Lipinski definition) is 5. The Bertz CT molecular complexity index is 566. The highest BCUT2D eigenvalue weighted by Gasteiger charge is 2.23. The summed E-state index contributed by atoms with van der Waals surface area (Å²) in [4.78, 5) is 12.3. The summed E-state index contributed by atoms with van der Waals surface area (Å²) >= 11 is 0. The number of methoxy groups -OCH3 is 3. The molecule has 128 valence electrons. The summed E-state index contributed by atoms with van der Waals surface area (Å²) in [7, 11) is 5.33. The zero-order chi connectivity index (χ0) is 17.4. The Morgan fingerprint density at radius 1 is 1.17 bits per heavy atom. The van der Waals surface area contributed by atoms with E-state index in [0.29, 0.717) is 29.6 Å². The molecule has 1 aromatic carbocycles. The van der Waals surface area contributed by atoms with Gasteiger partial charge in [-0.05, 0) is 23.6 Å². The van der Waals surface area contributed by atoms with Crippen LogP contribution >= 0.6 is 0 Å². The highest BCUT2D eigenvalue weighted by molar-refractivity contribution is 6.34. The van der Waals surface area contributed by atoms with E-state index in [1.807, 2.05) is 18.2 Å². The average Bonchev–Trinajstić information content (AvgIpc) is 2.51. The van der Waals surface area contributed by atoms with Gasteiger partial charge in [0.2, 0.25) is 5.76 Å². The SMILES string of the molecule is COC(C(=O)OCCC(C)C)=C(OC)c1cccc([SiH3])c1OC. The topological polar surface area (TPSA) is 54.0 Å².